The number of anilines is 1. The van der Waals surface area contributed by atoms with Gasteiger partial charge in [-0.2, -0.15) is 5.26 Å². The number of carbonyl (C=O) groups is 1. The molecule has 5 rings (SSSR count). The van der Waals surface area contributed by atoms with Crippen LogP contribution in [0, 0.1) is 28.1 Å². The van der Waals surface area contributed by atoms with Gasteiger partial charge in [0.15, 0.2) is 0 Å². The number of ether oxygens (including phenoxy) is 1. The molecule has 0 radical (unpaired) electrons. The van der Waals surface area contributed by atoms with E-state index in [4.69, 9.17) is 4.74 Å². The molecule has 0 spiro atoms. The highest BCUT2D eigenvalue weighted by atomic mass is 16.5. The minimum atomic E-state index is -0.349. The highest BCUT2D eigenvalue weighted by molar-refractivity contribution is 5.93. The first-order valence-electron chi connectivity index (χ1n) is 13.2. The molecule has 0 bridgehead atoms. The number of aliphatic hydroxyl groups is 1. The highest BCUT2D eigenvalue weighted by Gasteiger charge is 2.64. The molecular formula is C30H35N5O3. The van der Waals surface area contributed by atoms with E-state index in [9.17, 15) is 15.2 Å². The van der Waals surface area contributed by atoms with E-state index in [1.54, 1.807) is 24.5 Å². The second-order valence-corrected chi connectivity index (χ2v) is 11.7. The standard InChI is InChI=1S/C30H35N5O3/c1-29(2)27(34-26(37)23-9-8-21(17-33-23)35-14-11-19(18-36)12-15-35)30(3,4)28(29)38-24-10-7-20(16-31)25-22(24)6-5-13-32-25/h5-10,13,17,19,27-28,36H,11-12,14-15,18H2,1-4H3,(H,34,37)/t27-,28-. The highest BCUT2D eigenvalue weighted by Crippen LogP contribution is 2.56. The number of fused-ring (bicyclic) bond motifs is 1. The molecule has 2 aliphatic rings. The first-order chi connectivity index (χ1) is 18.2. The summed E-state index contributed by atoms with van der Waals surface area (Å²) in [4.78, 5) is 24.3. The Morgan fingerprint density at radius 2 is 1.87 bits per heavy atom. The number of carbonyl (C=O) groups excluding carboxylic acids is 1. The van der Waals surface area contributed by atoms with E-state index in [1.165, 1.54) is 0 Å². The molecule has 8 heteroatoms. The van der Waals surface area contributed by atoms with Crippen LogP contribution in [0.5, 0.6) is 5.75 Å². The topological polar surface area (TPSA) is 111 Å². The second kappa shape index (κ2) is 9.88. The van der Waals surface area contributed by atoms with E-state index >= 15 is 0 Å². The molecule has 198 valence electrons. The average Bonchev–Trinajstić information content (AvgIpc) is 2.94. The molecule has 1 aromatic carbocycles. The van der Waals surface area contributed by atoms with Crippen molar-refractivity contribution in [3.8, 4) is 11.8 Å². The number of nitrogens with zero attached hydrogens (tertiary/aromatic N) is 4. The number of hydrogen-bond acceptors (Lipinski definition) is 7. The summed E-state index contributed by atoms with van der Waals surface area (Å²) in [6, 6.07) is 13.1. The molecule has 2 fully saturated rings. The summed E-state index contributed by atoms with van der Waals surface area (Å²) < 4.78 is 6.57. The Kier molecular flexibility index (Phi) is 6.74. The zero-order chi connectivity index (χ0) is 27.1. The maximum Gasteiger partial charge on any atom is 0.270 e. The van der Waals surface area contributed by atoms with Crippen LogP contribution in [0.3, 0.4) is 0 Å². The summed E-state index contributed by atoms with van der Waals surface area (Å²) in [5, 5.41) is 22.8. The lowest BCUT2D eigenvalue weighted by atomic mass is 9.49. The van der Waals surface area contributed by atoms with Crippen LogP contribution in [0.4, 0.5) is 5.69 Å². The molecular weight excluding hydrogens is 478 g/mol. The van der Waals surface area contributed by atoms with Crippen molar-refractivity contribution in [1.82, 2.24) is 15.3 Å². The Morgan fingerprint density at radius 3 is 2.50 bits per heavy atom. The number of piperidine rings is 1. The van der Waals surface area contributed by atoms with Crippen molar-refractivity contribution in [3.63, 3.8) is 0 Å². The summed E-state index contributed by atoms with van der Waals surface area (Å²) in [5.41, 5.74) is 1.83. The van der Waals surface area contributed by atoms with Crippen LogP contribution in [0.25, 0.3) is 10.9 Å². The monoisotopic (exact) mass is 513 g/mol. The molecule has 3 heterocycles. The number of nitriles is 1. The number of aliphatic hydroxyl groups excluding tert-OH is 1. The van der Waals surface area contributed by atoms with E-state index in [2.05, 4.69) is 53.9 Å². The summed E-state index contributed by atoms with van der Waals surface area (Å²) >= 11 is 0. The number of hydrogen-bond donors (Lipinski definition) is 2. The molecule has 1 aliphatic heterocycles. The third-order valence-corrected chi connectivity index (χ3v) is 8.43. The fourth-order valence-electron chi connectivity index (χ4n) is 6.55. The van der Waals surface area contributed by atoms with Crippen LogP contribution < -0.4 is 15.0 Å². The number of aromatic nitrogens is 2. The molecule has 1 amide bonds. The maximum atomic E-state index is 13.2. The van der Waals surface area contributed by atoms with Crippen molar-refractivity contribution in [3.05, 3.63) is 60.0 Å². The SMILES string of the molecule is CC1(C)[C@H](NC(=O)c2ccc(N3CCC(CO)CC3)cn2)C(C)(C)[C@H]1Oc1ccc(C#N)c2ncccc12. The van der Waals surface area contributed by atoms with Crippen LogP contribution in [0.1, 0.15) is 56.6 Å². The van der Waals surface area contributed by atoms with E-state index in [-0.39, 0.29) is 35.5 Å². The Bertz CT molecular complexity index is 1350. The van der Waals surface area contributed by atoms with Gasteiger partial charge in [0.05, 0.1) is 23.0 Å². The van der Waals surface area contributed by atoms with Crippen LogP contribution in [0.2, 0.25) is 0 Å². The predicted molar refractivity (Wildman–Crippen MR) is 146 cm³/mol. The van der Waals surface area contributed by atoms with Crippen molar-refractivity contribution in [2.45, 2.75) is 52.7 Å². The van der Waals surface area contributed by atoms with E-state index in [0.29, 0.717) is 28.4 Å². The third-order valence-electron chi connectivity index (χ3n) is 8.43. The summed E-state index contributed by atoms with van der Waals surface area (Å²) in [6.07, 6.45) is 5.19. The van der Waals surface area contributed by atoms with Crippen LogP contribution >= 0.6 is 0 Å². The van der Waals surface area contributed by atoms with Gasteiger partial charge in [0, 0.05) is 48.2 Å². The number of benzene rings is 1. The number of pyridine rings is 2. The molecule has 8 nitrogen and oxygen atoms in total. The summed E-state index contributed by atoms with van der Waals surface area (Å²) in [5.74, 6) is 0.856. The third kappa shape index (κ3) is 4.45. The number of nitrogens with one attached hydrogen (secondary N) is 1. The zero-order valence-electron chi connectivity index (χ0n) is 22.4. The lowest BCUT2D eigenvalue weighted by Crippen LogP contribution is -2.74. The lowest BCUT2D eigenvalue weighted by Gasteiger charge is -2.63. The van der Waals surface area contributed by atoms with Gasteiger partial charge >= 0.3 is 0 Å². The van der Waals surface area contributed by atoms with Crippen molar-refractivity contribution in [2.24, 2.45) is 16.7 Å². The molecule has 2 N–H and O–H groups in total. The van der Waals surface area contributed by atoms with E-state index < -0.39 is 0 Å². The molecule has 1 aliphatic carbocycles. The van der Waals surface area contributed by atoms with Gasteiger partial charge in [-0.3, -0.25) is 9.78 Å². The van der Waals surface area contributed by atoms with Gasteiger partial charge in [-0.1, -0.05) is 27.7 Å². The van der Waals surface area contributed by atoms with Crippen molar-refractivity contribution < 1.29 is 14.6 Å². The minimum Gasteiger partial charge on any atom is -0.488 e. The van der Waals surface area contributed by atoms with Gasteiger partial charge in [-0.05, 0) is 55.2 Å². The van der Waals surface area contributed by atoms with E-state index in [1.807, 2.05) is 24.3 Å². The molecule has 38 heavy (non-hydrogen) atoms. The summed E-state index contributed by atoms with van der Waals surface area (Å²) in [6.45, 7) is 10.4. The Balaban J connectivity index is 1.28. The van der Waals surface area contributed by atoms with Crippen molar-refractivity contribution >= 4 is 22.5 Å². The maximum absolute atomic E-state index is 13.2. The van der Waals surface area contributed by atoms with E-state index in [0.717, 1.165) is 37.0 Å². The fraction of sp³-hybridized carbons (Fsp3) is 0.467. The first-order valence-corrected chi connectivity index (χ1v) is 13.2. The van der Waals surface area contributed by atoms with Crippen LogP contribution in [-0.2, 0) is 0 Å². The average molecular weight is 514 g/mol. The molecule has 1 saturated carbocycles. The number of amides is 1. The minimum absolute atomic E-state index is 0.130. The normalized spacial score (nSPS) is 22.4. The van der Waals surface area contributed by atoms with Crippen molar-refractivity contribution in [1.29, 1.82) is 5.26 Å². The fourth-order valence-corrected chi connectivity index (χ4v) is 6.55. The molecule has 0 atom stereocenters. The van der Waals surface area contributed by atoms with Crippen molar-refractivity contribution in [2.75, 3.05) is 24.6 Å². The molecule has 0 unspecified atom stereocenters. The molecule has 3 aromatic rings. The van der Waals surface area contributed by atoms with Gasteiger partial charge in [-0.25, -0.2) is 4.98 Å². The first kappa shape index (κ1) is 25.9. The smallest absolute Gasteiger partial charge is 0.270 e. The van der Waals surface area contributed by atoms with Gasteiger partial charge in [0.25, 0.3) is 5.91 Å². The van der Waals surface area contributed by atoms with Gasteiger partial charge < -0.3 is 20.1 Å². The lowest BCUT2D eigenvalue weighted by molar-refractivity contribution is -0.163. The summed E-state index contributed by atoms with van der Waals surface area (Å²) in [7, 11) is 0. The van der Waals surface area contributed by atoms with Gasteiger partial charge in [0.2, 0.25) is 0 Å². The Morgan fingerprint density at radius 1 is 1.13 bits per heavy atom. The number of rotatable bonds is 6. The Labute approximate surface area is 223 Å². The zero-order valence-corrected chi connectivity index (χ0v) is 22.4. The van der Waals surface area contributed by atoms with Gasteiger partial charge in [0.1, 0.15) is 23.6 Å². The second-order valence-electron chi connectivity index (χ2n) is 11.7. The predicted octanol–water partition coefficient (Wildman–Crippen LogP) is 4.32. The molecule has 2 aromatic heterocycles. The quantitative estimate of drug-likeness (QED) is 0.505. The Hall–Kier alpha value is -3.70. The van der Waals surface area contributed by atoms with Crippen LogP contribution in [-0.4, -0.2) is 52.8 Å². The largest absolute Gasteiger partial charge is 0.488 e. The van der Waals surface area contributed by atoms with Gasteiger partial charge in [-0.15, -0.1) is 0 Å². The van der Waals surface area contributed by atoms with Crippen LogP contribution in [0.15, 0.2) is 48.8 Å². The molecule has 1 saturated heterocycles.